The van der Waals surface area contributed by atoms with Gasteiger partial charge in [-0.25, -0.2) is 0 Å². The largest absolute Gasteiger partial charge is 0.495 e. The van der Waals surface area contributed by atoms with E-state index in [1.807, 2.05) is 49.4 Å². The number of methoxy groups -OCH3 is 1. The number of amides is 1. The van der Waals surface area contributed by atoms with Gasteiger partial charge in [-0.3, -0.25) is 4.79 Å². The van der Waals surface area contributed by atoms with Crippen LogP contribution in [0.15, 0.2) is 42.5 Å². The number of rotatable bonds is 5. The van der Waals surface area contributed by atoms with Crippen LogP contribution in [0.3, 0.4) is 0 Å². The third-order valence-electron chi connectivity index (χ3n) is 4.39. The molecule has 0 atom stereocenters. The molecule has 7 heteroatoms. The van der Waals surface area contributed by atoms with Crippen molar-refractivity contribution >= 4 is 11.6 Å². The maximum atomic E-state index is 12.5. The Bertz CT molecular complexity index is 971. The second-order valence-electron chi connectivity index (χ2n) is 7.72. The van der Waals surface area contributed by atoms with Gasteiger partial charge in [0.25, 0.3) is 0 Å². The van der Waals surface area contributed by atoms with Crippen LogP contribution in [0.4, 0.5) is 5.69 Å². The number of nitrogens with zero attached hydrogens (tertiary/aromatic N) is 4. The zero-order valence-electron chi connectivity index (χ0n) is 16.9. The molecule has 7 nitrogen and oxygen atoms in total. The highest BCUT2D eigenvalue weighted by Crippen LogP contribution is 2.31. The van der Waals surface area contributed by atoms with Crippen LogP contribution in [0.5, 0.6) is 5.75 Å². The lowest BCUT2D eigenvalue weighted by atomic mass is 9.87. The molecule has 1 amide bonds. The summed E-state index contributed by atoms with van der Waals surface area (Å²) in [6, 6.07) is 13.6. The third kappa shape index (κ3) is 4.54. The lowest BCUT2D eigenvalue weighted by Gasteiger charge is -2.21. The number of carbonyl (C=O) groups is 1. The molecule has 0 radical (unpaired) electrons. The molecule has 1 heterocycles. The van der Waals surface area contributed by atoms with Gasteiger partial charge in [0, 0.05) is 5.56 Å². The van der Waals surface area contributed by atoms with Gasteiger partial charge in [0.2, 0.25) is 11.7 Å². The summed E-state index contributed by atoms with van der Waals surface area (Å²) in [5.74, 6) is 0.838. The quantitative estimate of drug-likeness (QED) is 0.732. The Morgan fingerprint density at radius 2 is 1.86 bits per heavy atom. The Morgan fingerprint density at radius 3 is 2.50 bits per heavy atom. The van der Waals surface area contributed by atoms with Crippen molar-refractivity contribution in [3.05, 3.63) is 53.6 Å². The number of aromatic nitrogens is 4. The lowest BCUT2D eigenvalue weighted by molar-refractivity contribution is -0.117. The minimum atomic E-state index is -0.253. The molecule has 0 saturated carbocycles. The van der Waals surface area contributed by atoms with Gasteiger partial charge in [0.1, 0.15) is 12.3 Å². The second-order valence-corrected chi connectivity index (χ2v) is 7.72. The van der Waals surface area contributed by atoms with Gasteiger partial charge in [-0.1, -0.05) is 56.7 Å². The fourth-order valence-electron chi connectivity index (χ4n) is 2.72. The smallest absolute Gasteiger partial charge is 0.248 e. The first-order valence-electron chi connectivity index (χ1n) is 9.09. The number of anilines is 1. The van der Waals surface area contributed by atoms with Gasteiger partial charge in [-0.05, 0) is 35.2 Å². The number of hydrogen-bond donors (Lipinski definition) is 1. The summed E-state index contributed by atoms with van der Waals surface area (Å²) >= 11 is 0. The molecule has 3 aromatic rings. The molecule has 1 aromatic heterocycles. The van der Waals surface area contributed by atoms with Crippen molar-refractivity contribution in [3.63, 3.8) is 0 Å². The fourth-order valence-corrected chi connectivity index (χ4v) is 2.72. The van der Waals surface area contributed by atoms with Crippen LogP contribution in [-0.4, -0.2) is 33.2 Å². The summed E-state index contributed by atoms with van der Waals surface area (Å²) in [5, 5.41) is 15.2. The Labute approximate surface area is 164 Å². The van der Waals surface area contributed by atoms with Crippen LogP contribution >= 0.6 is 0 Å². The number of aryl methyl sites for hydroxylation is 1. The molecule has 0 aliphatic carbocycles. The maximum Gasteiger partial charge on any atom is 0.248 e. The third-order valence-corrected chi connectivity index (χ3v) is 4.39. The van der Waals surface area contributed by atoms with Crippen molar-refractivity contribution in [2.45, 2.75) is 39.7 Å². The molecule has 0 aliphatic rings. The highest BCUT2D eigenvalue weighted by molar-refractivity contribution is 5.92. The number of nitrogens with one attached hydrogen (secondary N) is 1. The lowest BCUT2D eigenvalue weighted by Crippen LogP contribution is -2.21. The van der Waals surface area contributed by atoms with Gasteiger partial charge < -0.3 is 10.1 Å². The molecular formula is C21H25N5O2. The molecule has 1 N–H and O–H groups in total. The van der Waals surface area contributed by atoms with Crippen molar-refractivity contribution in [2.24, 2.45) is 0 Å². The summed E-state index contributed by atoms with van der Waals surface area (Å²) in [6.45, 7) is 8.33. The molecule has 0 aliphatic heterocycles. The Hall–Kier alpha value is -3.22. The van der Waals surface area contributed by atoms with Crippen LogP contribution in [0.2, 0.25) is 0 Å². The standard InChI is InChI=1S/C21H25N5O2/c1-14-6-8-15(9-7-14)20-23-25-26(24-20)13-19(27)22-17-12-16(21(2,3)4)10-11-18(17)28-5/h6-12H,13H2,1-5H3,(H,22,27). The number of carbonyl (C=O) groups excluding carboxylic acids is 1. The summed E-state index contributed by atoms with van der Waals surface area (Å²) in [7, 11) is 1.58. The van der Waals surface area contributed by atoms with Crippen molar-refractivity contribution in [2.75, 3.05) is 12.4 Å². The predicted molar refractivity (Wildman–Crippen MR) is 108 cm³/mol. The molecule has 0 saturated heterocycles. The van der Waals surface area contributed by atoms with E-state index in [-0.39, 0.29) is 17.9 Å². The van der Waals surface area contributed by atoms with Crippen molar-refractivity contribution in [3.8, 4) is 17.1 Å². The first kappa shape index (κ1) is 19.5. The van der Waals surface area contributed by atoms with Gasteiger partial charge in [0.05, 0.1) is 12.8 Å². The molecule has 0 fully saturated rings. The monoisotopic (exact) mass is 379 g/mol. The molecule has 0 bridgehead atoms. The topological polar surface area (TPSA) is 81.9 Å². The van der Waals surface area contributed by atoms with E-state index in [0.29, 0.717) is 17.3 Å². The summed E-state index contributed by atoms with van der Waals surface area (Å²) in [6.07, 6.45) is 0. The minimum Gasteiger partial charge on any atom is -0.495 e. The van der Waals surface area contributed by atoms with E-state index in [1.165, 1.54) is 4.80 Å². The number of tetrazole rings is 1. The molecule has 3 rings (SSSR count). The Morgan fingerprint density at radius 1 is 1.14 bits per heavy atom. The molecule has 2 aromatic carbocycles. The average Bonchev–Trinajstić information content (AvgIpc) is 3.09. The summed E-state index contributed by atoms with van der Waals surface area (Å²) in [4.78, 5) is 13.8. The number of ether oxygens (including phenoxy) is 1. The van der Waals surface area contributed by atoms with E-state index in [1.54, 1.807) is 7.11 Å². The van der Waals surface area contributed by atoms with Gasteiger partial charge >= 0.3 is 0 Å². The molecule has 0 spiro atoms. The van der Waals surface area contributed by atoms with Crippen molar-refractivity contribution in [1.29, 1.82) is 0 Å². The fraction of sp³-hybridized carbons (Fsp3) is 0.333. The van der Waals surface area contributed by atoms with Gasteiger partial charge in [-0.2, -0.15) is 4.80 Å². The first-order chi connectivity index (χ1) is 13.3. The highest BCUT2D eigenvalue weighted by Gasteiger charge is 2.17. The summed E-state index contributed by atoms with van der Waals surface area (Å²) in [5.41, 5.74) is 3.70. The SMILES string of the molecule is COc1ccc(C(C)(C)C)cc1NC(=O)Cn1nnc(-c2ccc(C)cc2)n1. The van der Waals surface area contributed by atoms with Crippen LogP contribution < -0.4 is 10.1 Å². The Balaban J connectivity index is 1.73. The molecule has 28 heavy (non-hydrogen) atoms. The molecule has 0 unspecified atom stereocenters. The van der Waals surface area contributed by atoms with E-state index in [2.05, 4.69) is 41.5 Å². The van der Waals surface area contributed by atoms with Crippen LogP contribution in [0, 0.1) is 6.92 Å². The molecular weight excluding hydrogens is 354 g/mol. The van der Waals surface area contributed by atoms with Crippen LogP contribution in [-0.2, 0) is 16.8 Å². The van der Waals surface area contributed by atoms with Gasteiger partial charge in [0.15, 0.2) is 0 Å². The Kier molecular flexibility index (Phi) is 5.44. The average molecular weight is 379 g/mol. The molecule has 146 valence electrons. The van der Waals surface area contributed by atoms with Gasteiger partial charge in [-0.15, -0.1) is 10.2 Å². The van der Waals surface area contributed by atoms with E-state index in [4.69, 9.17) is 4.74 Å². The normalized spacial score (nSPS) is 11.3. The van der Waals surface area contributed by atoms with E-state index in [9.17, 15) is 4.79 Å². The van der Waals surface area contributed by atoms with E-state index < -0.39 is 0 Å². The number of hydrogen-bond acceptors (Lipinski definition) is 5. The van der Waals surface area contributed by atoms with Crippen LogP contribution in [0.1, 0.15) is 31.9 Å². The number of benzene rings is 2. The minimum absolute atomic E-state index is 0.0395. The first-order valence-corrected chi connectivity index (χ1v) is 9.09. The van der Waals surface area contributed by atoms with Crippen molar-refractivity contribution in [1.82, 2.24) is 20.2 Å². The van der Waals surface area contributed by atoms with E-state index in [0.717, 1.165) is 16.7 Å². The van der Waals surface area contributed by atoms with E-state index >= 15 is 0 Å². The van der Waals surface area contributed by atoms with Crippen molar-refractivity contribution < 1.29 is 9.53 Å². The van der Waals surface area contributed by atoms with Crippen LogP contribution in [0.25, 0.3) is 11.4 Å². The summed E-state index contributed by atoms with van der Waals surface area (Å²) < 4.78 is 5.37. The zero-order valence-corrected chi connectivity index (χ0v) is 16.9. The predicted octanol–water partition coefficient (Wildman–Crippen LogP) is 3.59. The maximum absolute atomic E-state index is 12.5. The highest BCUT2D eigenvalue weighted by atomic mass is 16.5. The second kappa shape index (κ2) is 7.80. The zero-order chi connectivity index (χ0) is 20.3.